The number of hydrogen-bond acceptors (Lipinski definition) is 4. The van der Waals surface area contributed by atoms with E-state index in [1.54, 1.807) is 0 Å². The van der Waals surface area contributed by atoms with E-state index in [2.05, 4.69) is 5.43 Å². The molecule has 1 aromatic carbocycles. The second kappa shape index (κ2) is 9.81. The SMILES string of the molecule is O=C(O)CN1N[C@@H](C2CCCCC2)c2ccccc2N(CC(=O)C2CCCCC2)C1=O. The largest absolute Gasteiger partial charge is 0.480 e. The van der Waals surface area contributed by atoms with Gasteiger partial charge in [-0.15, -0.1) is 0 Å². The number of ketones is 1. The van der Waals surface area contributed by atoms with Crippen LogP contribution in [0.4, 0.5) is 10.5 Å². The van der Waals surface area contributed by atoms with E-state index < -0.39 is 18.5 Å². The van der Waals surface area contributed by atoms with E-state index in [0.717, 1.165) is 69.0 Å². The molecule has 7 nitrogen and oxygen atoms in total. The molecule has 4 rings (SSSR count). The maximum absolute atomic E-state index is 13.5. The molecule has 0 spiro atoms. The lowest BCUT2D eigenvalue weighted by atomic mass is 9.81. The van der Waals surface area contributed by atoms with E-state index in [-0.39, 0.29) is 24.3 Å². The third-order valence-electron chi connectivity index (χ3n) is 7.11. The summed E-state index contributed by atoms with van der Waals surface area (Å²) in [6.45, 7) is -0.445. The maximum atomic E-state index is 13.5. The molecule has 1 atom stereocenters. The normalized spacial score (nSPS) is 23.4. The number of amides is 2. The first kappa shape index (κ1) is 21.8. The average Bonchev–Trinajstić information content (AvgIpc) is 2.90. The van der Waals surface area contributed by atoms with Gasteiger partial charge >= 0.3 is 12.0 Å². The van der Waals surface area contributed by atoms with Gasteiger partial charge in [-0.05, 0) is 43.2 Å². The quantitative estimate of drug-likeness (QED) is 0.707. The van der Waals surface area contributed by atoms with Gasteiger partial charge in [0.1, 0.15) is 6.54 Å². The van der Waals surface area contributed by atoms with Crippen LogP contribution in [-0.4, -0.2) is 41.0 Å². The highest BCUT2D eigenvalue weighted by Gasteiger charge is 2.38. The Bertz CT molecular complexity index is 815. The van der Waals surface area contributed by atoms with Crippen LogP contribution >= 0.6 is 0 Å². The molecule has 0 bridgehead atoms. The zero-order valence-electron chi connectivity index (χ0n) is 18.1. The number of carbonyl (C=O) groups excluding carboxylic acids is 2. The highest BCUT2D eigenvalue weighted by Crippen LogP contribution is 2.40. The van der Waals surface area contributed by atoms with Crippen molar-refractivity contribution in [3.8, 4) is 0 Å². The van der Waals surface area contributed by atoms with Gasteiger partial charge in [0.15, 0.2) is 5.78 Å². The van der Waals surface area contributed by atoms with Crippen LogP contribution in [0.1, 0.15) is 75.8 Å². The molecular weight excluding hydrogens is 394 g/mol. The molecule has 2 aliphatic carbocycles. The van der Waals surface area contributed by atoms with Crippen LogP contribution in [0.5, 0.6) is 0 Å². The van der Waals surface area contributed by atoms with E-state index in [1.807, 2.05) is 24.3 Å². The highest BCUT2D eigenvalue weighted by atomic mass is 16.4. The first-order chi connectivity index (χ1) is 15.0. The molecule has 2 amide bonds. The number of Topliss-reactive ketones (excluding diaryl/α,β-unsaturated/α-hetero) is 1. The smallest absolute Gasteiger partial charge is 0.339 e. The van der Waals surface area contributed by atoms with Crippen LogP contribution in [-0.2, 0) is 9.59 Å². The van der Waals surface area contributed by atoms with Gasteiger partial charge in [0, 0.05) is 5.92 Å². The van der Waals surface area contributed by atoms with Gasteiger partial charge in [-0.2, -0.15) is 0 Å². The van der Waals surface area contributed by atoms with E-state index in [1.165, 1.54) is 16.3 Å². The molecule has 168 valence electrons. The van der Waals surface area contributed by atoms with Gasteiger partial charge in [-0.25, -0.2) is 15.2 Å². The number of fused-ring (bicyclic) bond motifs is 1. The molecule has 2 fully saturated rings. The summed E-state index contributed by atoms with van der Waals surface area (Å²) in [5.41, 5.74) is 4.96. The number of anilines is 1. The number of aliphatic carboxylic acids is 1. The van der Waals surface area contributed by atoms with E-state index in [4.69, 9.17) is 0 Å². The van der Waals surface area contributed by atoms with Crippen molar-refractivity contribution < 1.29 is 19.5 Å². The Morgan fingerprint density at radius 3 is 2.26 bits per heavy atom. The monoisotopic (exact) mass is 427 g/mol. The number of urea groups is 1. The second-order valence-electron chi connectivity index (χ2n) is 9.21. The Labute approximate surface area is 183 Å². The maximum Gasteiger partial charge on any atom is 0.339 e. The zero-order chi connectivity index (χ0) is 21.8. The average molecular weight is 428 g/mol. The molecule has 7 heteroatoms. The molecule has 31 heavy (non-hydrogen) atoms. The molecule has 2 saturated carbocycles. The molecular formula is C24H33N3O4. The van der Waals surface area contributed by atoms with Crippen molar-refractivity contribution in [2.45, 2.75) is 70.3 Å². The summed E-state index contributed by atoms with van der Waals surface area (Å²) in [6, 6.07) is 7.14. The fraction of sp³-hybridized carbons (Fsp3) is 0.625. The number of carboxylic acid groups (broad SMARTS) is 1. The standard InChI is InChI=1S/C24H33N3O4/c28-21(17-9-3-1-4-10-17)15-26-20-14-8-7-13-19(20)23(18-11-5-2-6-12-18)25-27(24(26)31)16-22(29)30/h7-8,13-14,17-18,23,25H,1-6,9-12,15-16H2,(H,29,30)/t23-/m0/s1. The third kappa shape index (κ3) is 4.92. The molecule has 1 heterocycles. The number of hydrazine groups is 1. The number of carbonyl (C=O) groups is 3. The van der Waals surface area contributed by atoms with Crippen molar-refractivity contribution >= 4 is 23.5 Å². The Hall–Kier alpha value is -2.41. The first-order valence-corrected chi connectivity index (χ1v) is 11.7. The molecule has 0 unspecified atom stereocenters. The minimum absolute atomic E-state index is 0.00427. The molecule has 3 aliphatic rings. The van der Waals surface area contributed by atoms with E-state index >= 15 is 0 Å². The lowest BCUT2D eigenvalue weighted by Gasteiger charge is -2.33. The van der Waals surface area contributed by atoms with Crippen molar-refractivity contribution in [2.75, 3.05) is 18.0 Å². The summed E-state index contributed by atoms with van der Waals surface area (Å²) < 4.78 is 0. The summed E-state index contributed by atoms with van der Waals surface area (Å²) in [6.07, 6.45) is 10.6. The Kier molecular flexibility index (Phi) is 6.90. The van der Waals surface area contributed by atoms with E-state index in [0.29, 0.717) is 5.92 Å². The van der Waals surface area contributed by atoms with Gasteiger partial charge in [0.05, 0.1) is 18.3 Å². The van der Waals surface area contributed by atoms with Crippen LogP contribution < -0.4 is 10.3 Å². The van der Waals surface area contributed by atoms with Crippen LogP contribution in [0.15, 0.2) is 24.3 Å². The molecule has 0 aromatic heterocycles. The van der Waals surface area contributed by atoms with Gasteiger partial charge in [-0.3, -0.25) is 14.5 Å². The summed E-state index contributed by atoms with van der Waals surface area (Å²) >= 11 is 0. The molecule has 0 saturated heterocycles. The van der Waals surface area contributed by atoms with Crippen LogP contribution in [0.3, 0.4) is 0 Å². The number of nitrogens with zero attached hydrogens (tertiary/aromatic N) is 2. The Morgan fingerprint density at radius 2 is 1.58 bits per heavy atom. The number of carboxylic acids is 1. The Balaban J connectivity index is 1.67. The number of rotatable bonds is 6. The van der Waals surface area contributed by atoms with Crippen molar-refractivity contribution in [3.63, 3.8) is 0 Å². The van der Waals surface area contributed by atoms with E-state index in [9.17, 15) is 19.5 Å². The first-order valence-electron chi connectivity index (χ1n) is 11.7. The van der Waals surface area contributed by atoms with Crippen molar-refractivity contribution in [1.82, 2.24) is 10.4 Å². The lowest BCUT2D eigenvalue weighted by Crippen LogP contribution is -2.53. The minimum Gasteiger partial charge on any atom is -0.480 e. The third-order valence-corrected chi connectivity index (χ3v) is 7.11. The highest BCUT2D eigenvalue weighted by molar-refractivity contribution is 6.00. The number of para-hydroxylation sites is 1. The zero-order valence-corrected chi connectivity index (χ0v) is 18.1. The Morgan fingerprint density at radius 1 is 0.935 bits per heavy atom. The topological polar surface area (TPSA) is 89.9 Å². The molecule has 0 radical (unpaired) electrons. The van der Waals surface area contributed by atoms with Crippen molar-refractivity contribution in [3.05, 3.63) is 29.8 Å². The fourth-order valence-corrected chi connectivity index (χ4v) is 5.48. The van der Waals surface area contributed by atoms with Gasteiger partial charge in [0.2, 0.25) is 0 Å². The molecule has 2 N–H and O–H groups in total. The fourth-order valence-electron chi connectivity index (χ4n) is 5.48. The molecule has 1 aromatic rings. The van der Waals surface area contributed by atoms with Gasteiger partial charge < -0.3 is 5.11 Å². The van der Waals surface area contributed by atoms with Crippen LogP contribution in [0.2, 0.25) is 0 Å². The summed E-state index contributed by atoms with van der Waals surface area (Å²) in [5, 5.41) is 10.6. The number of nitrogens with one attached hydrogen (secondary N) is 1. The lowest BCUT2D eigenvalue weighted by molar-refractivity contribution is -0.138. The summed E-state index contributed by atoms with van der Waals surface area (Å²) in [4.78, 5) is 39.6. The van der Waals surface area contributed by atoms with Crippen LogP contribution in [0.25, 0.3) is 0 Å². The summed E-state index contributed by atoms with van der Waals surface area (Å²) in [5.74, 6) is -0.679. The minimum atomic E-state index is -1.08. The van der Waals surface area contributed by atoms with Crippen molar-refractivity contribution in [2.24, 2.45) is 11.8 Å². The predicted molar refractivity (Wildman–Crippen MR) is 118 cm³/mol. The number of benzene rings is 1. The van der Waals surface area contributed by atoms with Crippen LogP contribution in [0, 0.1) is 11.8 Å². The molecule has 1 aliphatic heterocycles. The predicted octanol–water partition coefficient (Wildman–Crippen LogP) is 4.29. The number of hydrogen-bond donors (Lipinski definition) is 2. The van der Waals surface area contributed by atoms with Gasteiger partial charge in [-0.1, -0.05) is 56.7 Å². The van der Waals surface area contributed by atoms with Gasteiger partial charge in [0.25, 0.3) is 0 Å². The summed E-state index contributed by atoms with van der Waals surface area (Å²) in [7, 11) is 0. The second-order valence-corrected chi connectivity index (χ2v) is 9.21. The van der Waals surface area contributed by atoms with Crippen molar-refractivity contribution in [1.29, 1.82) is 0 Å².